The van der Waals surface area contributed by atoms with Gasteiger partial charge in [0.05, 0.1) is 0 Å². The summed E-state index contributed by atoms with van der Waals surface area (Å²) in [6.07, 6.45) is 2.11. The van der Waals surface area contributed by atoms with Crippen LogP contribution in [0.5, 0.6) is 0 Å². The van der Waals surface area contributed by atoms with E-state index in [0.717, 1.165) is 19.4 Å². The van der Waals surface area contributed by atoms with Gasteiger partial charge in [0.15, 0.2) is 0 Å². The maximum Gasteiger partial charge on any atom is -0.00366 e. The van der Waals surface area contributed by atoms with Gasteiger partial charge in [0.1, 0.15) is 0 Å². The van der Waals surface area contributed by atoms with Crippen molar-refractivity contribution in [1.29, 1.82) is 0 Å². The number of benzene rings is 1. The summed E-state index contributed by atoms with van der Waals surface area (Å²) in [5, 5.41) is 0. The van der Waals surface area contributed by atoms with Crippen LogP contribution in [0.4, 0.5) is 0 Å². The molecule has 0 aliphatic heterocycles. The zero-order valence-corrected chi connectivity index (χ0v) is 9.51. The van der Waals surface area contributed by atoms with Crippen molar-refractivity contribution in [1.82, 2.24) is 0 Å². The Balaban J connectivity index is 3.01. The van der Waals surface area contributed by atoms with Gasteiger partial charge in [-0.25, -0.2) is 0 Å². The number of rotatable bonds is 4. The molecule has 0 spiro atoms. The van der Waals surface area contributed by atoms with Gasteiger partial charge in [0, 0.05) is 0 Å². The summed E-state index contributed by atoms with van der Waals surface area (Å²) in [4.78, 5) is 0. The van der Waals surface area contributed by atoms with Crippen LogP contribution in [0.1, 0.15) is 43.4 Å². The highest BCUT2D eigenvalue weighted by atomic mass is 14.5. The minimum absolute atomic E-state index is 0.609. The second-order valence-corrected chi connectivity index (χ2v) is 4.08. The third-order valence-corrected chi connectivity index (χ3v) is 2.69. The fraction of sp³-hybridized carbons (Fsp3) is 0.538. The molecule has 1 aromatic carbocycles. The molecule has 0 unspecified atom stereocenters. The molecule has 1 nitrogen and oxygen atoms in total. The zero-order valence-electron chi connectivity index (χ0n) is 9.51. The first kappa shape index (κ1) is 11.3. The molecule has 0 bridgehead atoms. The summed E-state index contributed by atoms with van der Waals surface area (Å²) in [5.41, 5.74) is 9.91. The van der Waals surface area contributed by atoms with E-state index in [1.165, 1.54) is 16.7 Å². The Morgan fingerprint density at radius 1 is 1.21 bits per heavy atom. The molecule has 0 aliphatic carbocycles. The molecular formula is C13H21N. The van der Waals surface area contributed by atoms with E-state index in [9.17, 15) is 0 Å². The summed E-state index contributed by atoms with van der Waals surface area (Å²) < 4.78 is 0. The molecule has 14 heavy (non-hydrogen) atoms. The normalized spacial score (nSPS) is 10.9. The predicted octanol–water partition coefficient (Wildman–Crippen LogP) is 2.87. The summed E-state index contributed by atoms with van der Waals surface area (Å²) in [6, 6.07) is 6.81. The maximum atomic E-state index is 5.61. The molecule has 0 atom stereocenters. The van der Waals surface area contributed by atoms with Gasteiger partial charge in [-0.15, -0.1) is 0 Å². The Morgan fingerprint density at radius 3 is 2.43 bits per heavy atom. The average Bonchev–Trinajstić information content (AvgIpc) is 2.18. The first-order valence-corrected chi connectivity index (χ1v) is 5.50. The lowest BCUT2D eigenvalue weighted by Crippen LogP contribution is -2.06. The lowest BCUT2D eigenvalue weighted by Gasteiger charge is -2.11. The number of hydrogen-bond acceptors (Lipinski definition) is 1. The molecular weight excluding hydrogens is 170 g/mol. The SMILES string of the molecule is CCc1ccc(C(C)C)cc1CCN. The number of aryl methyl sites for hydroxylation is 1. The quantitative estimate of drug-likeness (QED) is 0.778. The Kier molecular flexibility index (Phi) is 4.15. The van der Waals surface area contributed by atoms with Crippen molar-refractivity contribution in [2.24, 2.45) is 5.73 Å². The van der Waals surface area contributed by atoms with E-state index in [0.29, 0.717) is 5.92 Å². The fourth-order valence-electron chi connectivity index (χ4n) is 1.74. The van der Waals surface area contributed by atoms with Crippen LogP contribution in [0.3, 0.4) is 0 Å². The van der Waals surface area contributed by atoms with Crippen LogP contribution in [-0.4, -0.2) is 6.54 Å². The van der Waals surface area contributed by atoms with Crippen molar-refractivity contribution in [2.45, 2.75) is 39.5 Å². The van der Waals surface area contributed by atoms with Crippen molar-refractivity contribution >= 4 is 0 Å². The number of nitrogens with two attached hydrogens (primary N) is 1. The average molecular weight is 191 g/mol. The maximum absolute atomic E-state index is 5.61. The predicted molar refractivity (Wildman–Crippen MR) is 62.7 cm³/mol. The van der Waals surface area contributed by atoms with Gasteiger partial charge in [-0.3, -0.25) is 0 Å². The lowest BCUT2D eigenvalue weighted by atomic mass is 9.95. The molecule has 0 aliphatic rings. The van der Waals surface area contributed by atoms with E-state index in [1.807, 2.05) is 0 Å². The van der Waals surface area contributed by atoms with Crippen LogP contribution < -0.4 is 5.73 Å². The Bertz CT molecular complexity index is 289. The monoisotopic (exact) mass is 191 g/mol. The minimum Gasteiger partial charge on any atom is -0.330 e. The Morgan fingerprint density at radius 2 is 1.93 bits per heavy atom. The van der Waals surface area contributed by atoms with E-state index in [-0.39, 0.29) is 0 Å². The molecule has 1 rings (SSSR count). The van der Waals surface area contributed by atoms with E-state index >= 15 is 0 Å². The summed E-state index contributed by atoms with van der Waals surface area (Å²) in [5.74, 6) is 0.609. The van der Waals surface area contributed by atoms with E-state index < -0.39 is 0 Å². The fourth-order valence-corrected chi connectivity index (χ4v) is 1.74. The Hall–Kier alpha value is -0.820. The van der Waals surface area contributed by atoms with Crippen molar-refractivity contribution < 1.29 is 0 Å². The second kappa shape index (κ2) is 5.16. The minimum atomic E-state index is 0.609. The summed E-state index contributed by atoms with van der Waals surface area (Å²) in [7, 11) is 0. The van der Waals surface area contributed by atoms with Gasteiger partial charge in [0.2, 0.25) is 0 Å². The molecule has 0 amide bonds. The van der Waals surface area contributed by atoms with Crippen molar-refractivity contribution in [2.75, 3.05) is 6.54 Å². The highest BCUT2D eigenvalue weighted by Gasteiger charge is 2.04. The molecule has 0 saturated carbocycles. The third kappa shape index (κ3) is 2.58. The van der Waals surface area contributed by atoms with Crippen LogP contribution in [0.2, 0.25) is 0 Å². The molecule has 0 heterocycles. The van der Waals surface area contributed by atoms with Crippen LogP contribution in [-0.2, 0) is 12.8 Å². The molecule has 2 N–H and O–H groups in total. The summed E-state index contributed by atoms with van der Waals surface area (Å²) >= 11 is 0. The van der Waals surface area contributed by atoms with Crippen LogP contribution in [0.25, 0.3) is 0 Å². The van der Waals surface area contributed by atoms with E-state index in [1.54, 1.807) is 0 Å². The lowest BCUT2D eigenvalue weighted by molar-refractivity contribution is 0.852. The van der Waals surface area contributed by atoms with Crippen molar-refractivity contribution in [3.8, 4) is 0 Å². The zero-order chi connectivity index (χ0) is 10.6. The van der Waals surface area contributed by atoms with Gasteiger partial charge < -0.3 is 5.73 Å². The van der Waals surface area contributed by atoms with E-state index in [2.05, 4.69) is 39.0 Å². The first-order valence-electron chi connectivity index (χ1n) is 5.50. The highest BCUT2D eigenvalue weighted by Crippen LogP contribution is 2.19. The van der Waals surface area contributed by atoms with Gasteiger partial charge in [-0.05, 0) is 42.0 Å². The van der Waals surface area contributed by atoms with Crippen LogP contribution in [0.15, 0.2) is 18.2 Å². The molecule has 0 saturated heterocycles. The van der Waals surface area contributed by atoms with Crippen molar-refractivity contribution in [3.63, 3.8) is 0 Å². The molecule has 0 radical (unpaired) electrons. The molecule has 1 heteroatoms. The van der Waals surface area contributed by atoms with Crippen molar-refractivity contribution in [3.05, 3.63) is 34.9 Å². The largest absolute Gasteiger partial charge is 0.330 e. The Labute approximate surface area is 87.3 Å². The summed E-state index contributed by atoms with van der Waals surface area (Å²) in [6.45, 7) is 7.40. The van der Waals surface area contributed by atoms with Gasteiger partial charge in [-0.2, -0.15) is 0 Å². The molecule has 1 aromatic rings. The standard InChI is InChI=1S/C13H21N/c1-4-11-5-6-12(10(2)3)9-13(11)7-8-14/h5-6,9-10H,4,7-8,14H2,1-3H3. The van der Waals surface area contributed by atoms with E-state index in [4.69, 9.17) is 5.73 Å². The molecule has 78 valence electrons. The second-order valence-electron chi connectivity index (χ2n) is 4.08. The van der Waals surface area contributed by atoms with Gasteiger partial charge >= 0.3 is 0 Å². The van der Waals surface area contributed by atoms with Crippen LogP contribution >= 0.6 is 0 Å². The number of hydrogen-bond donors (Lipinski definition) is 1. The molecule has 0 fully saturated rings. The molecule has 0 aromatic heterocycles. The highest BCUT2D eigenvalue weighted by molar-refractivity contribution is 5.33. The van der Waals surface area contributed by atoms with Gasteiger partial charge in [-0.1, -0.05) is 39.0 Å². The van der Waals surface area contributed by atoms with Crippen LogP contribution in [0, 0.1) is 0 Å². The smallest absolute Gasteiger partial charge is 0.00366 e. The first-order chi connectivity index (χ1) is 6.69. The topological polar surface area (TPSA) is 26.0 Å². The van der Waals surface area contributed by atoms with Gasteiger partial charge in [0.25, 0.3) is 0 Å². The third-order valence-electron chi connectivity index (χ3n) is 2.69.